The van der Waals surface area contributed by atoms with Crippen molar-refractivity contribution in [3.05, 3.63) is 65.2 Å². The number of ether oxygens (including phenoxy) is 1. The predicted molar refractivity (Wildman–Crippen MR) is 95.5 cm³/mol. The number of para-hydroxylation sites is 1. The molecular formula is C21H22O4. The molecule has 0 aromatic heterocycles. The Bertz CT molecular complexity index is 743. The number of hydrogen-bond donors (Lipinski definition) is 1. The third kappa shape index (κ3) is 4.27. The minimum Gasteiger partial charge on any atom is -0.485 e. The van der Waals surface area contributed by atoms with Gasteiger partial charge < -0.3 is 9.84 Å². The monoisotopic (exact) mass is 338 g/mol. The van der Waals surface area contributed by atoms with Crippen molar-refractivity contribution < 1.29 is 19.4 Å². The summed E-state index contributed by atoms with van der Waals surface area (Å²) < 4.78 is 5.43. The van der Waals surface area contributed by atoms with Crippen molar-refractivity contribution in [2.24, 2.45) is 0 Å². The third-order valence-electron chi connectivity index (χ3n) is 4.79. The largest absolute Gasteiger partial charge is 0.485 e. The highest BCUT2D eigenvalue weighted by molar-refractivity contribution is 5.97. The van der Waals surface area contributed by atoms with Crippen LogP contribution in [0.2, 0.25) is 0 Å². The molecule has 2 aromatic rings. The molecule has 1 saturated carbocycles. The molecule has 1 aliphatic rings. The molecule has 1 fully saturated rings. The number of carboxylic acid groups (broad SMARTS) is 1. The van der Waals surface area contributed by atoms with Gasteiger partial charge in [0, 0.05) is 5.56 Å². The van der Waals surface area contributed by atoms with Gasteiger partial charge in [0.2, 0.25) is 0 Å². The molecule has 0 heterocycles. The zero-order chi connectivity index (χ0) is 17.6. The molecule has 3 rings (SSSR count). The van der Waals surface area contributed by atoms with E-state index in [1.807, 2.05) is 24.3 Å². The number of aromatic carboxylic acids is 1. The topological polar surface area (TPSA) is 63.6 Å². The zero-order valence-corrected chi connectivity index (χ0v) is 14.1. The van der Waals surface area contributed by atoms with Crippen LogP contribution in [-0.2, 0) is 0 Å². The molecule has 0 amide bonds. The Morgan fingerprint density at radius 2 is 1.64 bits per heavy atom. The van der Waals surface area contributed by atoms with E-state index in [-0.39, 0.29) is 23.7 Å². The van der Waals surface area contributed by atoms with E-state index in [0.29, 0.717) is 11.5 Å². The molecule has 0 saturated heterocycles. The first kappa shape index (κ1) is 17.2. The van der Waals surface area contributed by atoms with E-state index < -0.39 is 5.97 Å². The third-order valence-corrected chi connectivity index (χ3v) is 4.79. The number of hydrogen-bond acceptors (Lipinski definition) is 3. The normalized spacial score (nSPS) is 14.9. The van der Waals surface area contributed by atoms with Gasteiger partial charge in [0.25, 0.3) is 0 Å². The van der Waals surface area contributed by atoms with E-state index in [9.17, 15) is 9.59 Å². The van der Waals surface area contributed by atoms with Gasteiger partial charge in [0.1, 0.15) is 11.3 Å². The molecule has 4 nitrogen and oxygen atoms in total. The number of carbonyl (C=O) groups excluding carboxylic acids is 1. The van der Waals surface area contributed by atoms with Gasteiger partial charge >= 0.3 is 5.97 Å². The van der Waals surface area contributed by atoms with Crippen LogP contribution in [0.5, 0.6) is 5.75 Å². The molecule has 1 N–H and O–H groups in total. The molecule has 130 valence electrons. The molecule has 2 aromatic carbocycles. The van der Waals surface area contributed by atoms with E-state index in [1.54, 1.807) is 18.2 Å². The average Bonchev–Trinajstić information content (AvgIpc) is 2.67. The first-order chi connectivity index (χ1) is 12.1. The Morgan fingerprint density at radius 3 is 2.32 bits per heavy atom. The van der Waals surface area contributed by atoms with Gasteiger partial charge in [-0.1, -0.05) is 55.7 Å². The number of ketones is 1. The molecule has 0 atom stereocenters. The Morgan fingerprint density at radius 1 is 0.960 bits per heavy atom. The summed E-state index contributed by atoms with van der Waals surface area (Å²) in [6.07, 6.45) is 6.33. The van der Waals surface area contributed by atoms with E-state index in [2.05, 4.69) is 0 Å². The molecule has 4 heteroatoms. The Balaban J connectivity index is 1.63. The quantitative estimate of drug-likeness (QED) is 0.776. The molecule has 0 bridgehead atoms. The maximum Gasteiger partial charge on any atom is 0.339 e. The number of Topliss-reactive ketones (excluding diaryl/α,β-unsaturated/α-hetero) is 1. The van der Waals surface area contributed by atoms with Crippen molar-refractivity contribution in [1.82, 2.24) is 0 Å². The minimum atomic E-state index is -1.07. The second-order valence-electron chi connectivity index (χ2n) is 6.47. The molecule has 0 radical (unpaired) electrons. The summed E-state index contributed by atoms with van der Waals surface area (Å²) in [7, 11) is 0. The fourth-order valence-electron chi connectivity index (χ4n) is 3.37. The summed E-state index contributed by atoms with van der Waals surface area (Å²) in [5, 5.41) is 9.14. The van der Waals surface area contributed by atoms with Crippen LogP contribution in [0.15, 0.2) is 48.5 Å². The molecule has 1 aliphatic carbocycles. The van der Waals surface area contributed by atoms with Crippen molar-refractivity contribution in [1.29, 1.82) is 0 Å². The van der Waals surface area contributed by atoms with Crippen LogP contribution in [-0.4, -0.2) is 23.5 Å². The van der Waals surface area contributed by atoms with Crippen LogP contribution < -0.4 is 4.74 Å². The lowest BCUT2D eigenvalue weighted by molar-refractivity contribution is 0.0689. The van der Waals surface area contributed by atoms with Gasteiger partial charge in [-0.15, -0.1) is 0 Å². The number of rotatable bonds is 6. The van der Waals surface area contributed by atoms with Crippen LogP contribution in [0.25, 0.3) is 0 Å². The summed E-state index contributed by atoms with van der Waals surface area (Å²) >= 11 is 0. The first-order valence-electron chi connectivity index (χ1n) is 8.73. The lowest BCUT2D eigenvalue weighted by Crippen LogP contribution is -2.13. The van der Waals surface area contributed by atoms with Crippen LogP contribution >= 0.6 is 0 Å². The standard InChI is InChI=1S/C21H22O4/c22-19(14-25-20-9-5-4-8-18(20)21(23)24)17-12-10-16(11-13-17)15-6-2-1-3-7-15/h4-5,8-13,15H,1-3,6-7,14H2,(H,23,24). The van der Waals surface area contributed by atoms with Crippen molar-refractivity contribution in [3.63, 3.8) is 0 Å². The van der Waals surface area contributed by atoms with E-state index in [4.69, 9.17) is 9.84 Å². The molecule has 0 unspecified atom stereocenters. The first-order valence-corrected chi connectivity index (χ1v) is 8.73. The summed E-state index contributed by atoms with van der Waals surface area (Å²) in [6, 6.07) is 14.1. The molecule has 25 heavy (non-hydrogen) atoms. The number of carbonyl (C=O) groups is 2. The van der Waals surface area contributed by atoms with Gasteiger partial charge in [-0.05, 0) is 36.5 Å². The Kier molecular flexibility index (Phi) is 5.49. The lowest BCUT2D eigenvalue weighted by atomic mass is 9.84. The van der Waals surface area contributed by atoms with Gasteiger partial charge in [-0.2, -0.15) is 0 Å². The van der Waals surface area contributed by atoms with Crippen LogP contribution in [0.1, 0.15) is 64.3 Å². The molecule has 0 spiro atoms. The molecule has 0 aliphatic heterocycles. The Hall–Kier alpha value is -2.62. The molecular weight excluding hydrogens is 316 g/mol. The minimum absolute atomic E-state index is 0.0583. The average molecular weight is 338 g/mol. The number of benzene rings is 2. The van der Waals surface area contributed by atoms with Gasteiger partial charge in [0.05, 0.1) is 0 Å². The second kappa shape index (κ2) is 7.97. The van der Waals surface area contributed by atoms with Gasteiger partial charge in [0.15, 0.2) is 12.4 Å². The van der Waals surface area contributed by atoms with E-state index in [0.717, 1.165) is 0 Å². The van der Waals surface area contributed by atoms with Crippen LogP contribution in [0.4, 0.5) is 0 Å². The predicted octanol–water partition coefficient (Wildman–Crippen LogP) is 4.69. The van der Waals surface area contributed by atoms with Crippen molar-refractivity contribution in [2.75, 3.05) is 6.61 Å². The summed E-state index contributed by atoms with van der Waals surface area (Å²) in [6.45, 7) is -0.174. The summed E-state index contributed by atoms with van der Waals surface area (Å²) in [5.41, 5.74) is 1.95. The lowest BCUT2D eigenvalue weighted by Gasteiger charge is -2.22. The van der Waals surface area contributed by atoms with Crippen molar-refractivity contribution >= 4 is 11.8 Å². The van der Waals surface area contributed by atoms with Gasteiger partial charge in [-0.25, -0.2) is 4.79 Å². The Labute approximate surface area is 147 Å². The zero-order valence-electron chi connectivity index (χ0n) is 14.1. The van der Waals surface area contributed by atoms with Crippen molar-refractivity contribution in [2.45, 2.75) is 38.0 Å². The fourth-order valence-corrected chi connectivity index (χ4v) is 3.37. The maximum atomic E-state index is 12.3. The highest BCUT2D eigenvalue weighted by Crippen LogP contribution is 2.32. The SMILES string of the molecule is O=C(COc1ccccc1C(=O)O)c1ccc(C2CCCCC2)cc1. The van der Waals surface area contributed by atoms with Crippen LogP contribution in [0.3, 0.4) is 0 Å². The van der Waals surface area contributed by atoms with Gasteiger partial charge in [-0.3, -0.25) is 4.79 Å². The summed E-state index contributed by atoms with van der Waals surface area (Å²) in [5.74, 6) is -0.408. The number of carboxylic acids is 1. The van der Waals surface area contributed by atoms with E-state index >= 15 is 0 Å². The van der Waals surface area contributed by atoms with Crippen LogP contribution in [0, 0.1) is 0 Å². The fraction of sp³-hybridized carbons (Fsp3) is 0.333. The maximum absolute atomic E-state index is 12.3. The van der Waals surface area contributed by atoms with Crippen molar-refractivity contribution in [3.8, 4) is 5.75 Å². The van der Waals surface area contributed by atoms with E-state index in [1.165, 1.54) is 43.7 Å². The highest BCUT2D eigenvalue weighted by atomic mass is 16.5. The second-order valence-corrected chi connectivity index (χ2v) is 6.47. The highest BCUT2D eigenvalue weighted by Gasteiger charge is 2.16. The summed E-state index contributed by atoms with van der Waals surface area (Å²) in [4.78, 5) is 23.5. The smallest absolute Gasteiger partial charge is 0.339 e.